The fourth-order valence-corrected chi connectivity index (χ4v) is 3.59. The van der Waals surface area contributed by atoms with Crippen LogP contribution in [0.4, 0.5) is 0 Å². The summed E-state index contributed by atoms with van der Waals surface area (Å²) < 4.78 is 23.8. The van der Waals surface area contributed by atoms with E-state index in [4.69, 9.17) is 5.14 Å². The second-order valence-electron chi connectivity index (χ2n) is 6.35. The number of carbonyl (C=O) groups is 1. The Morgan fingerprint density at radius 1 is 1.46 bits per heavy atom. The minimum absolute atomic E-state index is 0.0410. The van der Waals surface area contributed by atoms with Crippen molar-refractivity contribution in [3.05, 3.63) is 47.3 Å². The van der Waals surface area contributed by atoms with Gasteiger partial charge in [0.05, 0.1) is 12.2 Å². The number of primary sulfonamides is 1. The maximum Gasteiger partial charge on any atom is 0.242 e. The highest BCUT2D eigenvalue weighted by atomic mass is 32.2. The second kappa shape index (κ2) is 6.03. The third-order valence-corrected chi connectivity index (χ3v) is 5.18. The van der Waals surface area contributed by atoms with Crippen molar-refractivity contribution >= 4 is 15.9 Å². The van der Waals surface area contributed by atoms with Crippen LogP contribution < -0.4 is 10.5 Å². The van der Waals surface area contributed by atoms with Crippen molar-refractivity contribution in [3.63, 3.8) is 0 Å². The minimum Gasteiger partial charge on any atom is -0.347 e. The molecule has 3 N–H and O–H groups in total. The molecule has 0 fully saturated rings. The number of aryl methyl sites for hydroxylation is 1. The first-order valence-electron chi connectivity index (χ1n) is 7.68. The quantitative estimate of drug-likeness (QED) is 0.855. The lowest BCUT2D eigenvalue weighted by molar-refractivity contribution is -0.122. The molecule has 0 saturated carbocycles. The molecular weight excluding hydrogens is 328 g/mol. The molecule has 128 valence electrons. The molecule has 1 aliphatic carbocycles. The van der Waals surface area contributed by atoms with Crippen molar-refractivity contribution in [3.8, 4) is 0 Å². The van der Waals surface area contributed by atoms with Crippen LogP contribution in [-0.2, 0) is 27.8 Å². The second-order valence-corrected chi connectivity index (χ2v) is 7.91. The smallest absolute Gasteiger partial charge is 0.242 e. The summed E-state index contributed by atoms with van der Waals surface area (Å²) in [5.41, 5.74) is 3.57. The minimum atomic E-state index is -3.81. The molecule has 1 heterocycles. The number of sulfonamides is 1. The molecule has 0 bridgehead atoms. The molecule has 1 aromatic heterocycles. The number of aromatic nitrogens is 2. The number of benzene rings is 1. The summed E-state index contributed by atoms with van der Waals surface area (Å²) >= 11 is 0. The van der Waals surface area contributed by atoms with Gasteiger partial charge in [0.1, 0.15) is 11.4 Å². The summed E-state index contributed by atoms with van der Waals surface area (Å²) in [5.74, 6) is 0.0913. The van der Waals surface area contributed by atoms with E-state index in [0.29, 0.717) is 5.92 Å². The van der Waals surface area contributed by atoms with E-state index >= 15 is 0 Å². The Labute approximate surface area is 140 Å². The van der Waals surface area contributed by atoms with Gasteiger partial charge in [-0.2, -0.15) is 5.10 Å². The molecule has 0 saturated heterocycles. The molecule has 0 radical (unpaired) electrons. The third-order valence-electron chi connectivity index (χ3n) is 4.31. The standard InChI is InChI=1S/C16H20N4O3S/c1-10-3-4-12-6-11(2)16(14(12)5-10)19-15(21)9-20-8-13(7-18-20)24(17,22)23/h3-5,7-8,11,16H,6,9H2,1-2H3,(H,19,21)(H2,17,22,23)/t11-,16+/m0/s1. The largest absolute Gasteiger partial charge is 0.347 e. The van der Waals surface area contributed by atoms with Crippen molar-refractivity contribution in [2.45, 2.75) is 37.8 Å². The zero-order chi connectivity index (χ0) is 17.5. The summed E-state index contributed by atoms with van der Waals surface area (Å²) in [6, 6.07) is 6.25. The maximum absolute atomic E-state index is 12.3. The maximum atomic E-state index is 12.3. The fraction of sp³-hybridized carbons (Fsp3) is 0.375. The lowest BCUT2D eigenvalue weighted by Gasteiger charge is -2.19. The lowest BCUT2D eigenvalue weighted by atomic mass is 10.0. The van der Waals surface area contributed by atoms with Crippen molar-refractivity contribution < 1.29 is 13.2 Å². The van der Waals surface area contributed by atoms with Gasteiger partial charge in [-0.15, -0.1) is 0 Å². The predicted molar refractivity (Wildman–Crippen MR) is 88.5 cm³/mol. The van der Waals surface area contributed by atoms with Crippen LogP contribution in [0.2, 0.25) is 0 Å². The van der Waals surface area contributed by atoms with Crippen LogP contribution in [0.5, 0.6) is 0 Å². The Bertz CT molecular complexity index is 888. The van der Waals surface area contributed by atoms with Crippen LogP contribution >= 0.6 is 0 Å². The van der Waals surface area contributed by atoms with Crippen molar-refractivity contribution in [2.24, 2.45) is 11.1 Å². The first-order chi connectivity index (χ1) is 11.2. The molecule has 0 unspecified atom stereocenters. The normalized spacial score (nSPS) is 20.0. The Balaban J connectivity index is 1.72. The SMILES string of the molecule is Cc1ccc2c(c1)[C@H](NC(=O)Cn1cc(S(N)(=O)=O)cn1)[C@@H](C)C2. The summed E-state index contributed by atoms with van der Waals surface area (Å²) in [6.07, 6.45) is 3.32. The van der Waals surface area contributed by atoms with Gasteiger partial charge in [0.25, 0.3) is 0 Å². The fourth-order valence-electron chi connectivity index (χ4n) is 3.13. The van der Waals surface area contributed by atoms with Gasteiger partial charge in [0.2, 0.25) is 15.9 Å². The predicted octanol–water partition coefficient (Wildman–Crippen LogP) is 0.889. The number of hydrogen-bond acceptors (Lipinski definition) is 4. The van der Waals surface area contributed by atoms with Crippen molar-refractivity contribution in [2.75, 3.05) is 0 Å². The molecule has 1 aromatic carbocycles. The highest BCUT2D eigenvalue weighted by molar-refractivity contribution is 7.89. The number of rotatable bonds is 4. The van der Waals surface area contributed by atoms with Crippen molar-refractivity contribution in [1.82, 2.24) is 15.1 Å². The van der Waals surface area contributed by atoms with E-state index in [1.165, 1.54) is 16.4 Å². The van der Waals surface area contributed by atoms with Gasteiger partial charge in [-0.1, -0.05) is 30.7 Å². The Morgan fingerprint density at radius 2 is 2.21 bits per heavy atom. The van der Waals surface area contributed by atoms with Gasteiger partial charge < -0.3 is 5.32 Å². The average molecular weight is 348 g/mol. The molecular formula is C16H20N4O3S. The van der Waals surface area contributed by atoms with E-state index in [9.17, 15) is 13.2 Å². The van der Waals surface area contributed by atoms with E-state index in [2.05, 4.69) is 35.5 Å². The zero-order valence-electron chi connectivity index (χ0n) is 13.6. The molecule has 0 aliphatic heterocycles. The summed E-state index contributed by atoms with van der Waals surface area (Å²) in [7, 11) is -3.81. The molecule has 2 aromatic rings. The topological polar surface area (TPSA) is 107 Å². The molecule has 0 spiro atoms. The molecule has 8 heteroatoms. The number of amides is 1. The monoisotopic (exact) mass is 348 g/mol. The summed E-state index contributed by atoms with van der Waals surface area (Å²) in [4.78, 5) is 12.2. The average Bonchev–Trinajstić information content (AvgIpc) is 3.05. The van der Waals surface area contributed by atoms with E-state index in [1.807, 2.05) is 6.92 Å². The number of hydrogen-bond donors (Lipinski definition) is 2. The lowest BCUT2D eigenvalue weighted by Crippen LogP contribution is -2.33. The van der Waals surface area contributed by atoms with Crippen LogP contribution in [0.3, 0.4) is 0 Å². The Morgan fingerprint density at radius 3 is 2.88 bits per heavy atom. The molecule has 24 heavy (non-hydrogen) atoms. The van der Waals surface area contributed by atoms with Crippen LogP contribution in [0.25, 0.3) is 0 Å². The summed E-state index contributed by atoms with van der Waals surface area (Å²) in [5, 5.41) is 11.9. The van der Waals surface area contributed by atoms with Gasteiger partial charge in [0, 0.05) is 6.20 Å². The highest BCUT2D eigenvalue weighted by Crippen LogP contribution is 2.36. The van der Waals surface area contributed by atoms with Gasteiger partial charge in [-0.3, -0.25) is 9.48 Å². The zero-order valence-corrected chi connectivity index (χ0v) is 14.4. The molecule has 3 rings (SSSR count). The van der Waals surface area contributed by atoms with Gasteiger partial charge in [0.15, 0.2) is 0 Å². The number of carbonyl (C=O) groups excluding carboxylic acids is 1. The Kier molecular flexibility index (Phi) is 4.18. The van der Waals surface area contributed by atoms with E-state index in [-0.39, 0.29) is 23.4 Å². The van der Waals surface area contributed by atoms with Gasteiger partial charge >= 0.3 is 0 Å². The van der Waals surface area contributed by atoms with E-state index in [1.54, 1.807) is 0 Å². The first kappa shape index (κ1) is 16.7. The number of nitrogens with zero attached hydrogens (tertiary/aromatic N) is 2. The number of fused-ring (bicyclic) bond motifs is 1. The molecule has 2 atom stereocenters. The molecule has 7 nitrogen and oxygen atoms in total. The first-order valence-corrected chi connectivity index (χ1v) is 9.23. The Hall–Kier alpha value is -2.19. The molecule has 1 aliphatic rings. The number of nitrogens with two attached hydrogens (primary N) is 1. The third kappa shape index (κ3) is 3.34. The van der Waals surface area contributed by atoms with Crippen molar-refractivity contribution in [1.29, 1.82) is 0 Å². The van der Waals surface area contributed by atoms with Gasteiger partial charge in [-0.25, -0.2) is 13.6 Å². The van der Waals surface area contributed by atoms with E-state index in [0.717, 1.165) is 23.7 Å². The van der Waals surface area contributed by atoms with Gasteiger partial charge in [-0.05, 0) is 30.4 Å². The van der Waals surface area contributed by atoms with Crippen LogP contribution in [-0.4, -0.2) is 24.1 Å². The number of nitrogens with one attached hydrogen (secondary N) is 1. The molecule has 1 amide bonds. The van der Waals surface area contributed by atoms with E-state index < -0.39 is 10.0 Å². The van der Waals surface area contributed by atoms with Crippen LogP contribution in [0.15, 0.2) is 35.5 Å². The highest BCUT2D eigenvalue weighted by Gasteiger charge is 2.30. The van der Waals surface area contributed by atoms with Crippen LogP contribution in [0, 0.1) is 12.8 Å². The van der Waals surface area contributed by atoms with Crippen LogP contribution in [0.1, 0.15) is 29.7 Å². The summed E-state index contributed by atoms with van der Waals surface area (Å²) in [6.45, 7) is 4.08.